The van der Waals surface area contributed by atoms with E-state index in [-0.39, 0.29) is 21.9 Å². The minimum Gasteiger partial charge on any atom is -0.489 e. The third-order valence-electron chi connectivity index (χ3n) is 6.22. The number of hydrogen-bond acceptors (Lipinski definition) is 7. The van der Waals surface area contributed by atoms with Gasteiger partial charge >= 0.3 is 16.1 Å². The molecule has 212 valence electrons. The molecule has 0 aliphatic carbocycles. The summed E-state index contributed by atoms with van der Waals surface area (Å²) in [4.78, 5) is 39.2. The molecular weight excluding hydrogens is 580 g/mol. The maximum absolute atomic E-state index is 13.2. The average molecular weight is 603 g/mol. The van der Waals surface area contributed by atoms with E-state index < -0.39 is 28.0 Å². The zero-order chi connectivity index (χ0) is 29.9. The molecule has 1 N–H and O–H groups in total. The van der Waals surface area contributed by atoms with Gasteiger partial charge in [0.05, 0.1) is 5.69 Å². The Morgan fingerprint density at radius 3 is 2.07 bits per heavy atom. The highest BCUT2D eigenvalue weighted by Gasteiger charge is 2.36. The summed E-state index contributed by atoms with van der Waals surface area (Å²) in [5, 5.41) is 2.79. The molecule has 1 aliphatic heterocycles. The molecule has 0 spiro atoms. The van der Waals surface area contributed by atoms with Gasteiger partial charge in [-0.25, -0.2) is 9.69 Å². The summed E-state index contributed by atoms with van der Waals surface area (Å²) in [6.45, 7) is 2.13. The molecule has 42 heavy (non-hydrogen) atoms. The molecule has 1 aliphatic rings. The highest BCUT2D eigenvalue weighted by molar-refractivity contribution is 7.87. The van der Waals surface area contributed by atoms with Crippen LogP contribution in [0.1, 0.15) is 16.7 Å². The van der Waals surface area contributed by atoms with Crippen LogP contribution in [0.25, 0.3) is 6.08 Å². The van der Waals surface area contributed by atoms with E-state index in [4.69, 9.17) is 20.5 Å². The van der Waals surface area contributed by atoms with E-state index in [1.165, 1.54) is 54.6 Å². The van der Waals surface area contributed by atoms with E-state index in [0.29, 0.717) is 22.9 Å². The highest BCUT2D eigenvalue weighted by atomic mass is 35.5. The molecule has 0 atom stereocenters. The second-order valence-electron chi connectivity index (χ2n) is 9.29. The van der Waals surface area contributed by atoms with Crippen molar-refractivity contribution in [1.29, 1.82) is 0 Å². The SMILES string of the molecule is Cc1ccc(S(=O)(=O)Oc2ccc(/C=C3\C(=O)NC(=O)N(c4ccc(OCc5ccc(Cl)cc5)cc4)C3=O)cc2)cc1. The van der Waals surface area contributed by atoms with Gasteiger partial charge in [-0.05, 0) is 84.8 Å². The Morgan fingerprint density at radius 1 is 0.810 bits per heavy atom. The number of aryl methyl sites for hydroxylation is 1. The maximum Gasteiger partial charge on any atom is 0.339 e. The summed E-state index contributed by atoms with van der Waals surface area (Å²) >= 11 is 5.90. The van der Waals surface area contributed by atoms with Crippen LogP contribution in [0.4, 0.5) is 10.5 Å². The summed E-state index contributed by atoms with van der Waals surface area (Å²) in [5.41, 5.74) is 2.19. The summed E-state index contributed by atoms with van der Waals surface area (Å²) in [6, 6.07) is 24.6. The fraction of sp³-hybridized carbons (Fsp3) is 0.0645. The number of nitrogens with one attached hydrogen (secondary N) is 1. The lowest BCUT2D eigenvalue weighted by Gasteiger charge is -2.26. The van der Waals surface area contributed by atoms with Crippen molar-refractivity contribution in [3.05, 3.63) is 124 Å². The number of benzene rings is 4. The molecule has 0 bridgehead atoms. The molecule has 11 heteroatoms. The zero-order valence-corrected chi connectivity index (χ0v) is 23.7. The highest BCUT2D eigenvalue weighted by Crippen LogP contribution is 2.26. The van der Waals surface area contributed by atoms with Crippen molar-refractivity contribution in [3.8, 4) is 11.5 Å². The van der Waals surface area contributed by atoms with Gasteiger partial charge in [0.1, 0.15) is 28.6 Å². The first kappa shape index (κ1) is 28.6. The molecule has 0 radical (unpaired) electrons. The first-order valence-electron chi connectivity index (χ1n) is 12.6. The van der Waals surface area contributed by atoms with Gasteiger partial charge in [-0.3, -0.25) is 14.9 Å². The van der Waals surface area contributed by atoms with Gasteiger partial charge in [0.2, 0.25) is 0 Å². The van der Waals surface area contributed by atoms with Crippen LogP contribution in [0, 0.1) is 6.92 Å². The molecule has 0 aromatic heterocycles. The number of barbiturate groups is 1. The second kappa shape index (κ2) is 11.9. The molecule has 4 aromatic rings. The fourth-order valence-corrected chi connectivity index (χ4v) is 5.05. The number of ether oxygens (including phenoxy) is 1. The summed E-state index contributed by atoms with van der Waals surface area (Å²) in [5.74, 6) is -1.11. The lowest BCUT2D eigenvalue weighted by Crippen LogP contribution is -2.54. The van der Waals surface area contributed by atoms with Gasteiger partial charge in [-0.2, -0.15) is 8.42 Å². The number of halogens is 1. The van der Waals surface area contributed by atoms with Gasteiger partial charge in [0.15, 0.2) is 0 Å². The van der Waals surface area contributed by atoms with Crippen LogP contribution in [-0.4, -0.2) is 26.3 Å². The van der Waals surface area contributed by atoms with E-state index in [1.807, 2.05) is 19.1 Å². The molecule has 1 saturated heterocycles. The Labute approximate surface area is 247 Å². The van der Waals surface area contributed by atoms with Gasteiger partial charge in [-0.15, -0.1) is 0 Å². The molecule has 4 aromatic carbocycles. The molecule has 1 heterocycles. The summed E-state index contributed by atoms with van der Waals surface area (Å²) in [7, 11) is -4.05. The molecule has 5 rings (SSSR count). The zero-order valence-electron chi connectivity index (χ0n) is 22.1. The number of anilines is 1. The number of carbonyl (C=O) groups is 3. The van der Waals surface area contributed by atoms with E-state index in [0.717, 1.165) is 16.0 Å². The third-order valence-corrected chi connectivity index (χ3v) is 7.74. The third kappa shape index (κ3) is 6.51. The predicted molar refractivity (Wildman–Crippen MR) is 157 cm³/mol. The molecule has 1 fully saturated rings. The largest absolute Gasteiger partial charge is 0.489 e. The van der Waals surface area contributed by atoms with Crippen molar-refractivity contribution in [3.63, 3.8) is 0 Å². The van der Waals surface area contributed by atoms with Crippen molar-refractivity contribution in [2.45, 2.75) is 18.4 Å². The van der Waals surface area contributed by atoms with Crippen LogP contribution in [0.5, 0.6) is 11.5 Å². The Morgan fingerprint density at radius 2 is 1.43 bits per heavy atom. The van der Waals surface area contributed by atoms with Crippen LogP contribution >= 0.6 is 11.6 Å². The lowest BCUT2D eigenvalue weighted by molar-refractivity contribution is -0.122. The van der Waals surface area contributed by atoms with Crippen molar-refractivity contribution in [2.75, 3.05) is 4.90 Å². The van der Waals surface area contributed by atoms with E-state index in [9.17, 15) is 22.8 Å². The molecule has 0 saturated carbocycles. The first-order chi connectivity index (χ1) is 20.1. The van der Waals surface area contributed by atoms with E-state index >= 15 is 0 Å². The number of urea groups is 1. The normalized spacial score (nSPS) is 14.6. The minimum absolute atomic E-state index is 0.00896. The lowest BCUT2D eigenvalue weighted by atomic mass is 10.1. The van der Waals surface area contributed by atoms with Crippen LogP contribution in [0.3, 0.4) is 0 Å². The van der Waals surface area contributed by atoms with Crippen LogP contribution < -0.4 is 19.1 Å². The minimum atomic E-state index is -4.05. The number of nitrogens with zero attached hydrogens (tertiary/aromatic N) is 1. The van der Waals surface area contributed by atoms with Gasteiger partial charge < -0.3 is 8.92 Å². The molecule has 4 amide bonds. The Balaban J connectivity index is 1.29. The predicted octanol–water partition coefficient (Wildman–Crippen LogP) is 5.66. The second-order valence-corrected chi connectivity index (χ2v) is 11.3. The van der Waals surface area contributed by atoms with Crippen LogP contribution in [0.15, 0.2) is 108 Å². The van der Waals surface area contributed by atoms with Gasteiger partial charge in [0, 0.05) is 5.02 Å². The first-order valence-corrected chi connectivity index (χ1v) is 14.4. The number of rotatable bonds is 8. The van der Waals surface area contributed by atoms with Crippen molar-refractivity contribution in [1.82, 2.24) is 5.32 Å². The molecular formula is C31H23ClN2O7S. The fourth-order valence-electron chi connectivity index (χ4n) is 4.00. The van der Waals surface area contributed by atoms with Gasteiger partial charge in [0.25, 0.3) is 11.8 Å². The van der Waals surface area contributed by atoms with Crippen molar-refractivity contribution in [2.24, 2.45) is 0 Å². The Bertz CT molecular complexity index is 1780. The standard InChI is InChI=1S/C31H23ClN2O7S/c1-20-2-16-27(17-3-20)42(38,39)41-26-12-6-21(7-13-26)18-28-29(35)33-31(37)34(30(28)36)24-10-14-25(15-11-24)40-19-22-4-8-23(32)9-5-22/h2-18H,19H2,1H3,(H,33,35,37)/b28-18+. The Hall–Kier alpha value is -4.93. The van der Waals surface area contributed by atoms with Crippen molar-refractivity contribution < 1.29 is 31.7 Å². The quantitative estimate of drug-likeness (QED) is 0.157. The van der Waals surface area contributed by atoms with Gasteiger partial charge in [-0.1, -0.05) is 53.6 Å². The number of hydrogen-bond donors (Lipinski definition) is 1. The monoisotopic (exact) mass is 602 g/mol. The smallest absolute Gasteiger partial charge is 0.339 e. The van der Waals surface area contributed by atoms with Crippen molar-refractivity contribution >= 4 is 51.3 Å². The van der Waals surface area contributed by atoms with E-state index in [1.54, 1.807) is 36.4 Å². The number of amides is 4. The number of imide groups is 2. The maximum atomic E-state index is 13.2. The van der Waals surface area contributed by atoms with E-state index in [2.05, 4.69) is 5.32 Å². The van der Waals surface area contributed by atoms with Crippen LogP contribution in [0.2, 0.25) is 5.02 Å². The average Bonchev–Trinajstić information content (AvgIpc) is 2.96. The molecule has 0 unspecified atom stereocenters. The Kier molecular flexibility index (Phi) is 8.10. The van der Waals surface area contributed by atoms with Crippen LogP contribution in [-0.2, 0) is 26.3 Å². The number of carbonyl (C=O) groups excluding carboxylic acids is 3. The summed E-state index contributed by atoms with van der Waals surface area (Å²) in [6.07, 6.45) is 1.30. The summed E-state index contributed by atoms with van der Waals surface area (Å²) < 4.78 is 36.1. The topological polar surface area (TPSA) is 119 Å². The molecule has 9 nitrogen and oxygen atoms in total.